The van der Waals surface area contributed by atoms with Gasteiger partial charge >= 0.3 is 159 Å². The Balaban J connectivity index is 0.00000182. The van der Waals surface area contributed by atoms with Crippen molar-refractivity contribution in [1.82, 2.24) is 0 Å². The molecule has 2 aromatic carbocycles. The second kappa shape index (κ2) is 9.29. The fraction of sp³-hybridized carbons (Fsp3) is 0.391. The van der Waals surface area contributed by atoms with Crippen LogP contribution in [0.4, 0.5) is 0 Å². The van der Waals surface area contributed by atoms with Gasteiger partial charge in [0.1, 0.15) is 0 Å². The van der Waals surface area contributed by atoms with E-state index in [-0.39, 0.29) is 28.5 Å². The van der Waals surface area contributed by atoms with Gasteiger partial charge in [-0.15, -0.1) is 0 Å². The first kappa shape index (κ1) is 24.5. The monoisotopic (exact) mass is 439 g/mol. The molecule has 4 heteroatoms. The minimum Gasteiger partial charge on any atom is -1.00 e. The zero-order chi connectivity index (χ0) is 18.4. The Morgan fingerprint density at radius 2 is 1.59 bits per heavy atom. The molecule has 1 aliphatic carbocycles. The molecule has 27 heavy (non-hydrogen) atoms. The SMILES string of the molecule is C[O][Ti+2]([c]1c(C2=C(C)C(C)=CC2C)ccc2ccccc12)[C](C)(C)C.[Cl-].[Cl-]. The standard InChI is InChI=1S/C18H17.C4H9.CH3O.2ClH.Ti/c1-12-10-13(2)18(14(12)3)17-9-8-15-6-4-5-7-16(15)11-17;1-4(2)3;1-2;;;/h4-10,13H,1-3H3;1-3H3;1H3;2*1H;/q;;-1;;;+3/p-2. The van der Waals surface area contributed by atoms with Gasteiger partial charge in [-0.25, -0.2) is 0 Å². The Kier molecular flexibility index (Phi) is 8.42. The van der Waals surface area contributed by atoms with Crippen molar-refractivity contribution in [2.45, 2.75) is 45.3 Å². The van der Waals surface area contributed by atoms with Crippen molar-refractivity contribution in [3.63, 3.8) is 0 Å². The van der Waals surface area contributed by atoms with Crippen LogP contribution in [0.3, 0.4) is 0 Å². The molecule has 0 spiro atoms. The predicted molar refractivity (Wildman–Crippen MR) is 106 cm³/mol. The van der Waals surface area contributed by atoms with Gasteiger partial charge in [-0.1, -0.05) is 0 Å². The molecule has 0 aliphatic heterocycles. The van der Waals surface area contributed by atoms with Crippen LogP contribution in [0.2, 0.25) is 3.72 Å². The third-order valence-corrected chi connectivity index (χ3v) is 9.60. The molecule has 1 nitrogen and oxygen atoms in total. The Labute approximate surface area is 183 Å². The number of hydrogen-bond acceptors (Lipinski definition) is 1. The van der Waals surface area contributed by atoms with Gasteiger partial charge < -0.3 is 24.8 Å². The minimum atomic E-state index is -1.97. The number of benzene rings is 2. The zero-order valence-corrected chi connectivity index (χ0v) is 20.4. The van der Waals surface area contributed by atoms with Gasteiger partial charge in [-0.2, -0.15) is 0 Å². The van der Waals surface area contributed by atoms with E-state index in [2.05, 4.69) is 84.0 Å². The third kappa shape index (κ3) is 4.55. The van der Waals surface area contributed by atoms with Crippen molar-refractivity contribution in [3.8, 4) is 0 Å². The van der Waals surface area contributed by atoms with Crippen molar-refractivity contribution in [3.05, 3.63) is 59.2 Å². The Morgan fingerprint density at radius 3 is 2.11 bits per heavy atom. The predicted octanol–water partition coefficient (Wildman–Crippen LogP) is 0.241. The van der Waals surface area contributed by atoms with Crippen molar-refractivity contribution in [1.29, 1.82) is 0 Å². The molecule has 0 saturated heterocycles. The van der Waals surface area contributed by atoms with Crippen molar-refractivity contribution in [2.75, 3.05) is 7.11 Å². The first-order valence-electron chi connectivity index (χ1n) is 9.09. The van der Waals surface area contributed by atoms with Crippen LogP contribution in [0, 0.1) is 5.92 Å². The number of allylic oxidation sites excluding steroid dienone is 4. The van der Waals surface area contributed by atoms with E-state index in [4.69, 9.17) is 3.32 Å². The fourth-order valence-corrected chi connectivity index (χ4v) is 8.01. The van der Waals surface area contributed by atoms with Crippen LogP contribution in [0.15, 0.2) is 53.6 Å². The van der Waals surface area contributed by atoms with Crippen LogP contribution >= 0.6 is 0 Å². The van der Waals surface area contributed by atoms with Crippen LogP contribution in [0.5, 0.6) is 0 Å². The maximum absolute atomic E-state index is 6.23. The van der Waals surface area contributed by atoms with Crippen LogP contribution in [-0.2, 0) is 21.6 Å². The summed E-state index contributed by atoms with van der Waals surface area (Å²) in [6, 6.07) is 13.4. The molecule has 0 saturated carbocycles. The molecule has 0 fully saturated rings. The first-order chi connectivity index (χ1) is 11.8. The molecule has 0 aromatic heterocycles. The van der Waals surface area contributed by atoms with Crippen molar-refractivity contribution in [2.24, 2.45) is 5.92 Å². The van der Waals surface area contributed by atoms with Crippen LogP contribution in [-0.4, -0.2) is 7.11 Å². The van der Waals surface area contributed by atoms with Gasteiger partial charge in [0.15, 0.2) is 0 Å². The summed E-state index contributed by atoms with van der Waals surface area (Å²) < 4.78 is 7.92. The molecular formula is C23H29Cl2OTi. The summed E-state index contributed by atoms with van der Waals surface area (Å²) in [6.45, 7) is 13.8. The summed E-state index contributed by atoms with van der Waals surface area (Å²) in [5, 5.41) is 2.70. The molecule has 145 valence electrons. The fourth-order valence-electron chi connectivity index (χ4n) is 4.11. The van der Waals surface area contributed by atoms with E-state index in [9.17, 15) is 0 Å². The largest absolute Gasteiger partial charge is 1.00 e. The quantitative estimate of drug-likeness (QED) is 0.622. The number of rotatable bonds is 3. The molecule has 0 amide bonds. The van der Waals surface area contributed by atoms with E-state index in [0.29, 0.717) is 5.92 Å². The van der Waals surface area contributed by atoms with E-state index in [0.717, 1.165) is 0 Å². The van der Waals surface area contributed by atoms with Crippen molar-refractivity contribution >= 4 is 20.2 Å². The Bertz CT molecular complexity index is 878. The molecule has 3 rings (SSSR count). The van der Waals surface area contributed by atoms with Crippen molar-refractivity contribution < 1.29 is 46.4 Å². The molecule has 0 heterocycles. The summed E-state index contributed by atoms with van der Waals surface area (Å²) in [6.07, 6.45) is 2.40. The normalized spacial score (nSPS) is 16.7. The summed E-state index contributed by atoms with van der Waals surface area (Å²) >= 11 is -1.97. The van der Waals surface area contributed by atoms with Gasteiger partial charge in [0, 0.05) is 0 Å². The first-order valence-corrected chi connectivity index (χ1v) is 11.3. The molecule has 1 atom stereocenters. The minimum absolute atomic E-state index is 0. The molecule has 1 aliphatic rings. The second-order valence-electron chi connectivity index (χ2n) is 8.17. The summed E-state index contributed by atoms with van der Waals surface area (Å²) in [7, 11) is 1.91. The molecule has 0 radical (unpaired) electrons. The second-order valence-corrected chi connectivity index (χ2v) is 13.0. The maximum Gasteiger partial charge on any atom is -1.00 e. The van der Waals surface area contributed by atoms with Gasteiger partial charge in [-0.05, 0) is 0 Å². The molecule has 1 unspecified atom stereocenters. The van der Waals surface area contributed by atoms with Crippen LogP contribution < -0.4 is 28.7 Å². The van der Waals surface area contributed by atoms with E-state index >= 15 is 0 Å². The van der Waals surface area contributed by atoms with Gasteiger partial charge in [0.25, 0.3) is 0 Å². The summed E-state index contributed by atoms with van der Waals surface area (Å²) in [5.74, 6) is 0.469. The summed E-state index contributed by atoms with van der Waals surface area (Å²) in [4.78, 5) is 0. The average Bonchev–Trinajstić information content (AvgIpc) is 2.80. The molecule has 2 aromatic rings. The van der Waals surface area contributed by atoms with E-state index in [1.54, 1.807) is 0 Å². The number of halogens is 2. The van der Waals surface area contributed by atoms with E-state index in [1.165, 1.54) is 36.9 Å². The average molecular weight is 440 g/mol. The Hall–Kier alpha value is -0.566. The van der Waals surface area contributed by atoms with Crippen LogP contribution in [0.1, 0.15) is 47.1 Å². The third-order valence-electron chi connectivity index (χ3n) is 5.28. The Morgan fingerprint density at radius 1 is 0.963 bits per heavy atom. The number of fused-ring (bicyclic) bond motifs is 1. The van der Waals surface area contributed by atoms with Gasteiger partial charge in [0.05, 0.1) is 0 Å². The van der Waals surface area contributed by atoms with E-state index < -0.39 is 18.3 Å². The molecular weight excluding hydrogens is 411 g/mol. The molecule has 0 N–H and O–H groups in total. The topological polar surface area (TPSA) is 9.23 Å². The van der Waals surface area contributed by atoms with Crippen LogP contribution in [0.25, 0.3) is 16.3 Å². The summed E-state index contributed by atoms with van der Waals surface area (Å²) in [5.41, 5.74) is 5.76. The van der Waals surface area contributed by atoms with E-state index in [1.807, 2.05) is 7.11 Å². The van der Waals surface area contributed by atoms with Gasteiger partial charge in [0.2, 0.25) is 0 Å². The maximum atomic E-state index is 6.23. The zero-order valence-electron chi connectivity index (χ0n) is 17.3. The molecule has 0 bridgehead atoms. The smallest absolute Gasteiger partial charge is 1.00 e. The number of hydrogen-bond donors (Lipinski definition) is 0. The van der Waals surface area contributed by atoms with Gasteiger partial charge in [-0.3, -0.25) is 0 Å².